The van der Waals surface area contributed by atoms with Crippen molar-refractivity contribution < 1.29 is 4.79 Å². The van der Waals surface area contributed by atoms with Crippen molar-refractivity contribution in [2.45, 2.75) is 13.1 Å². The number of primary amides is 1. The van der Waals surface area contributed by atoms with E-state index in [0.29, 0.717) is 18.7 Å². The van der Waals surface area contributed by atoms with Crippen molar-refractivity contribution in [2.24, 2.45) is 10.7 Å². The van der Waals surface area contributed by atoms with E-state index in [4.69, 9.17) is 5.73 Å². The van der Waals surface area contributed by atoms with Crippen LogP contribution in [-0.4, -0.2) is 30.9 Å². The number of aliphatic imine (C=N–C) groups is 1. The normalized spacial score (nSPS) is 11.1. The van der Waals surface area contributed by atoms with Gasteiger partial charge in [0, 0.05) is 26.2 Å². The van der Waals surface area contributed by atoms with Crippen LogP contribution in [0.4, 0.5) is 0 Å². The van der Waals surface area contributed by atoms with Gasteiger partial charge >= 0.3 is 0 Å². The van der Waals surface area contributed by atoms with Gasteiger partial charge in [0.1, 0.15) is 0 Å². The number of carbonyl (C=O) groups excluding carboxylic acids is 1. The van der Waals surface area contributed by atoms with E-state index in [-0.39, 0.29) is 0 Å². The van der Waals surface area contributed by atoms with Crippen molar-refractivity contribution in [2.75, 3.05) is 14.1 Å². The lowest BCUT2D eigenvalue weighted by molar-refractivity contribution is 0.1000. The third-order valence-electron chi connectivity index (χ3n) is 3.34. The summed E-state index contributed by atoms with van der Waals surface area (Å²) < 4.78 is 0. The van der Waals surface area contributed by atoms with Crippen molar-refractivity contribution >= 4 is 11.9 Å². The first-order chi connectivity index (χ1) is 11.1. The first kappa shape index (κ1) is 16.5. The second kappa shape index (κ2) is 7.98. The summed E-state index contributed by atoms with van der Waals surface area (Å²) >= 11 is 0. The standard InChI is InChI=1S/C18H22N4O/c1-22(2)18(20-12-14-7-4-3-5-8-14)21-13-15-9-6-10-16(11-15)17(19)23/h3-11H,12-13H2,1-2H3,(H2,19,23)(H,20,21). The molecule has 5 heteroatoms. The average Bonchev–Trinajstić information content (AvgIpc) is 2.55. The fourth-order valence-corrected chi connectivity index (χ4v) is 2.12. The summed E-state index contributed by atoms with van der Waals surface area (Å²) in [5.41, 5.74) is 7.94. The summed E-state index contributed by atoms with van der Waals surface area (Å²) in [5.74, 6) is 0.365. The topological polar surface area (TPSA) is 70.7 Å². The molecule has 0 radical (unpaired) electrons. The van der Waals surface area contributed by atoms with Crippen LogP contribution in [0.2, 0.25) is 0 Å². The number of nitrogens with two attached hydrogens (primary N) is 1. The molecule has 0 aliphatic heterocycles. The Labute approximate surface area is 136 Å². The minimum atomic E-state index is -0.425. The molecule has 0 saturated heterocycles. The molecule has 0 bridgehead atoms. The molecule has 2 aromatic rings. The molecule has 2 rings (SSSR count). The summed E-state index contributed by atoms with van der Waals surface area (Å²) in [5, 5.41) is 3.33. The Bertz CT molecular complexity index is 680. The van der Waals surface area contributed by atoms with Gasteiger partial charge in [-0.1, -0.05) is 42.5 Å². The lowest BCUT2D eigenvalue weighted by Gasteiger charge is -2.17. The summed E-state index contributed by atoms with van der Waals surface area (Å²) in [6.45, 7) is 1.19. The molecule has 0 aliphatic rings. The number of rotatable bonds is 5. The second-order valence-electron chi connectivity index (χ2n) is 5.44. The number of hydrogen-bond donors (Lipinski definition) is 2. The van der Waals surface area contributed by atoms with Gasteiger partial charge in [-0.15, -0.1) is 0 Å². The molecule has 0 spiro atoms. The molecule has 0 heterocycles. The fraction of sp³-hybridized carbons (Fsp3) is 0.222. The van der Waals surface area contributed by atoms with Crippen molar-refractivity contribution in [3.8, 4) is 0 Å². The van der Waals surface area contributed by atoms with E-state index in [2.05, 4.69) is 22.4 Å². The molecule has 0 unspecified atom stereocenters. The van der Waals surface area contributed by atoms with E-state index in [1.54, 1.807) is 12.1 Å². The molecule has 0 saturated carbocycles. The predicted octanol–water partition coefficient (Wildman–Crippen LogP) is 1.99. The Morgan fingerprint density at radius 1 is 1.09 bits per heavy atom. The number of nitrogens with one attached hydrogen (secondary N) is 1. The van der Waals surface area contributed by atoms with Gasteiger partial charge in [-0.2, -0.15) is 0 Å². The lowest BCUT2D eigenvalue weighted by Crippen LogP contribution is -2.36. The van der Waals surface area contributed by atoms with E-state index in [1.165, 1.54) is 5.56 Å². The number of amides is 1. The van der Waals surface area contributed by atoms with Crippen LogP contribution in [0.1, 0.15) is 21.5 Å². The Kier molecular flexibility index (Phi) is 5.74. The van der Waals surface area contributed by atoms with Crippen LogP contribution in [0.5, 0.6) is 0 Å². The van der Waals surface area contributed by atoms with Crippen molar-refractivity contribution in [3.05, 3.63) is 71.3 Å². The summed E-state index contributed by atoms with van der Waals surface area (Å²) in [6.07, 6.45) is 0. The van der Waals surface area contributed by atoms with Gasteiger partial charge in [0.15, 0.2) is 5.96 Å². The van der Waals surface area contributed by atoms with Gasteiger partial charge in [0.2, 0.25) is 5.91 Å². The summed E-state index contributed by atoms with van der Waals surface area (Å²) in [7, 11) is 3.88. The van der Waals surface area contributed by atoms with E-state index < -0.39 is 5.91 Å². The second-order valence-corrected chi connectivity index (χ2v) is 5.44. The minimum absolute atomic E-state index is 0.425. The van der Waals surface area contributed by atoms with E-state index in [0.717, 1.165) is 11.5 Å². The molecule has 0 atom stereocenters. The molecule has 23 heavy (non-hydrogen) atoms. The SMILES string of the molecule is CN(C)C(=NCc1cccc(C(N)=O)c1)NCc1ccccc1. The summed E-state index contributed by atoms with van der Waals surface area (Å²) in [4.78, 5) is 17.7. The van der Waals surface area contributed by atoms with Gasteiger partial charge in [0.05, 0.1) is 6.54 Å². The molecule has 0 aliphatic carbocycles. The first-order valence-electron chi connectivity index (χ1n) is 7.44. The van der Waals surface area contributed by atoms with Gasteiger partial charge in [-0.3, -0.25) is 4.79 Å². The van der Waals surface area contributed by atoms with Crippen LogP contribution < -0.4 is 11.1 Å². The molecule has 1 amide bonds. The van der Waals surface area contributed by atoms with Crippen LogP contribution >= 0.6 is 0 Å². The highest BCUT2D eigenvalue weighted by molar-refractivity contribution is 5.92. The van der Waals surface area contributed by atoms with Gasteiger partial charge in [0.25, 0.3) is 0 Å². The van der Waals surface area contributed by atoms with Crippen LogP contribution in [-0.2, 0) is 13.1 Å². The maximum absolute atomic E-state index is 11.2. The van der Waals surface area contributed by atoms with Crippen molar-refractivity contribution in [1.82, 2.24) is 10.2 Å². The molecule has 2 aromatic carbocycles. The molecule has 3 N–H and O–H groups in total. The molecule has 0 aromatic heterocycles. The van der Waals surface area contributed by atoms with E-state index in [1.807, 2.05) is 49.3 Å². The Morgan fingerprint density at radius 3 is 2.43 bits per heavy atom. The number of carbonyl (C=O) groups is 1. The smallest absolute Gasteiger partial charge is 0.248 e. The van der Waals surface area contributed by atoms with Crippen molar-refractivity contribution in [1.29, 1.82) is 0 Å². The molecule has 5 nitrogen and oxygen atoms in total. The Balaban J connectivity index is 2.04. The zero-order valence-electron chi connectivity index (χ0n) is 13.5. The first-order valence-corrected chi connectivity index (χ1v) is 7.44. The maximum Gasteiger partial charge on any atom is 0.248 e. The zero-order valence-corrected chi connectivity index (χ0v) is 13.5. The molecular formula is C18H22N4O. The molecule has 120 valence electrons. The predicted molar refractivity (Wildman–Crippen MR) is 93.1 cm³/mol. The summed E-state index contributed by atoms with van der Waals surface area (Å²) in [6, 6.07) is 17.4. The average molecular weight is 310 g/mol. The number of guanidine groups is 1. The van der Waals surface area contributed by atoms with Gasteiger partial charge < -0.3 is 16.0 Å². The van der Waals surface area contributed by atoms with Crippen LogP contribution in [0.25, 0.3) is 0 Å². The van der Waals surface area contributed by atoms with Crippen LogP contribution in [0.3, 0.4) is 0 Å². The monoisotopic (exact) mass is 310 g/mol. The van der Waals surface area contributed by atoms with Crippen LogP contribution in [0.15, 0.2) is 59.6 Å². The molecule has 0 fully saturated rings. The van der Waals surface area contributed by atoms with Gasteiger partial charge in [-0.25, -0.2) is 4.99 Å². The number of benzene rings is 2. The lowest BCUT2D eigenvalue weighted by atomic mass is 10.1. The van der Waals surface area contributed by atoms with E-state index >= 15 is 0 Å². The highest BCUT2D eigenvalue weighted by atomic mass is 16.1. The highest BCUT2D eigenvalue weighted by Crippen LogP contribution is 2.06. The number of hydrogen-bond acceptors (Lipinski definition) is 2. The fourth-order valence-electron chi connectivity index (χ4n) is 2.12. The zero-order chi connectivity index (χ0) is 16.7. The Morgan fingerprint density at radius 2 is 1.78 bits per heavy atom. The number of nitrogens with zero attached hydrogens (tertiary/aromatic N) is 2. The van der Waals surface area contributed by atoms with E-state index in [9.17, 15) is 4.79 Å². The third kappa shape index (κ3) is 5.14. The Hall–Kier alpha value is -2.82. The van der Waals surface area contributed by atoms with Gasteiger partial charge in [-0.05, 0) is 23.3 Å². The van der Waals surface area contributed by atoms with Crippen molar-refractivity contribution in [3.63, 3.8) is 0 Å². The highest BCUT2D eigenvalue weighted by Gasteiger charge is 2.04. The molecular weight excluding hydrogens is 288 g/mol. The minimum Gasteiger partial charge on any atom is -0.366 e. The quantitative estimate of drug-likeness (QED) is 0.655. The third-order valence-corrected chi connectivity index (χ3v) is 3.34. The maximum atomic E-state index is 11.2. The largest absolute Gasteiger partial charge is 0.366 e. The van der Waals surface area contributed by atoms with Crippen LogP contribution in [0, 0.1) is 0 Å².